The van der Waals surface area contributed by atoms with Crippen LogP contribution in [0, 0.1) is 17.2 Å². The van der Waals surface area contributed by atoms with Crippen molar-refractivity contribution >= 4 is 10.0 Å². The van der Waals surface area contributed by atoms with Crippen molar-refractivity contribution in [1.82, 2.24) is 4.72 Å². The lowest BCUT2D eigenvalue weighted by atomic mass is 10.1. The molecule has 2 unspecified atom stereocenters. The fraction of sp³-hybridized carbons (Fsp3) is 0.462. The third-order valence-corrected chi connectivity index (χ3v) is 4.77. The van der Waals surface area contributed by atoms with Gasteiger partial charge in [0.1, 0.15) is 0 Å². The molecule has 2 N–H and O–H groups in total. The first-order valence-corrected chi connectivity index (χ1v) is 7.67. The Hall–Kier alpha value is -1.42. The fourth-order valence-electron chi connectivity index (χ4n) is 2.28. The first kappa shape index (κ1) is 14.0. The Morgan fingerprint density at radius 3 is 2.84 bits per heavy atom. The minimum absolute atomic E-state index is 0.102. The zero-order valence-corrected chi connectivity index (χ0v) is 11.2. The molecule has 1 saturated carbocycles. The van der Waals surface area contributed by atoms with Crippen LogP contribution in [0.15, 0.2) is 29.2 Å². The highest BCUT2D eigenvalue weighted by molar-refractivity contribution is 7.89. The molecular formula is C13H16N2O3S. The topological polar surface area (TPSA) is 90.2 Å². The van der Waals surface area contributed by atoms with E-state index in [4.69, 9.17) is 5.26 Å². The zero-order valence-electron chi connectivity index (χ0n) is 10.4. The van der Waals surface area contributed by atoms with E-state index in [0.717, 1.165) is 12.8 Å². The zero-order chi connectivity index (χ0) is 13.9. The normalized spacial score (nSPS) is 23.2. The predicted octanol–water partition coefficient (Wildman–Crippen LogP) is 0.998. The van der Waals surface area contributed by atoms with Crippen LogP contribution in [0.25, 0.3) is 0 Å². The number of benzene rings is 1. The second-order valence-corrected chi connectivity index (χ2v) is 6.59. The van der Waals surface area contributed by atoms with Crippen molar-refractivity contribution in [3.63, 3.8) is 0 Å². The summed E-state index contributed by atoms with van der Waals surface area (Å²) in [7, 11) is -3.58. The average molecular weight is 280 g/mol. The highest BCUT2D eigenvalue weighted by Crippen LogP contribution is 2.25. The van der Waals surface area contributed by atoms with Crippen LogP contribution >= 0.6 is 0 Å². The fourth-order valence-corrected chi connectivity index (χ4v) is 3.44. The molecular weight excluding hydrogens is 264 g/mol. The van der Waals surface area contributed by atoms with Gasteiger partial charge in [0.2, 0.25) is 10.0 Å². The minimum atomic E-state index is -3.58. The molecule has 0 aromatic heterocycles. The van der Waals surface area contributed by atoms with Crippen molar-refractivity contribution in [3.8, 4) is 6.07 Å². The Morgan fingerprint density at radius 2 is 2.21 bits per heavy atom. The van der Waals surface area contributed by atoms with Gasteiger partial charge < -0.3 is 5.11 Å². The molecule has 0 saturated heterocycles. The first-order valence-electron chi connectivity index (χ1n) is 6.19. The molecule has 102 valence electrons. The molecule has 0 amide bonds. The molecule has 2 atom stereocenters. The van der Waals surface area contributed by atoms with Crippen LogP contribution in [0.4, 0.5) is 0 Å². The summed E-state index contributed by atoms with van der Waals surface area (Å²) in [5.74, 6) is 0.184. The highest BCUT2D eigenvalue weighted by Gasteiger charge is 2.24. The van der Waals surface area contributed by atoms with Gasteiger partial charge in [0.25, 0.3) is 0 Å². The monoisotopic (exact) mass is 280 g/mol. The van der Waals surface area contributed by atoms with E-state index in [9.17, 15) is 13.5 Å². The van der Waals surface area contributed by atoms with Gasteiger partial charge >= 0.3 is 0 Å². The van der Waals surface area contributed by atoms with Gasteiger partial charge in [0.15, 0.2) is 0 Å². The maximum Gasteiger partial charge on any atom is 0.240 e. The summed E-state index contributed by atoms with van der Waals surface area (Å²) in [4.78, 5) is 0.102. The van der Waals surface area contributed by atoms with E-state index in [-0.39, 0.29) is 16.9 Å². The van der Waals surface area contributed by atoms with Crippen LogP contribution in [0.1, 0.15) is 24.8 Å². The second kappa shape index (κ2) is 5.70. The summed E-state index contributed by atoms with van der Waals surface area (Å²) in [5.41, 5.74) is 0.319. The Labute approximate surface area is 112 Å². The SMILES string of the molecule is N#Cc1cccc(S(=O)(=O)NCC2CCC(O)C2)c1. The lowest BCUT2D eigenvalue weighted by molar-refractivity contribution is 0.178. The molecule has 1 aromatic rings. The molecule has 1 aliphatic rings. The van der Waals surface area contributed by atoms with Crippen molar-refractivity contribution in [2.45, 2.75) is 30.3 Å². The van der Waals surface area contributed by atoms with Crippen LogP contribution in [-0.2, 0) is 10.0 Å². The van der Waals surface area contributed by atoms with E-state index in [0.29, 0.717) is 18.5 Å². The molecule has 0 radical (unpaired) electrons. The number of aliphatic hydroxyl groups is 1. The lowest BCUT2D eigenvalue weighted by Gasteiger charge is -2.11. The number of aliphatic hydroxyl groups excluding tert-OH is 1. The maximum atomic E-state index is 12.1. The van der Waals surface area contributed by atoms with Crippen LogP contribution in [0.2, 0.25) is 0 Å². The number of nitrogens with one attached hydrogen (secondary N) is 1. The molecule has 6 heteroatoms. The number of hydrogen-bond acceptors (Lipinski definition) is 4. The molecule has 0 aliphatic heterocycles. The van der Waals surface area contributed by atoms with Crippen molar-refractivity contribution in [2.75, 3.05) is 6.54 Å². The first-order chi connectivity index (χ1) is 9.01. The van der Waals surface area contributed by atoms with Crippen molar-refractivity contribution in [2.24, 2.45) is 5.92 Å². The van der Waals surface area contributed by atoms with Gasteiger partial charge in [-0.05, 0) is 43.4 Å². The van der Waals surface area contributed by atoms with E-state index < -0.39 is 10.0 Å². The molecule has 5 nitrogen and oxygen atoms in total. The van der Waals surface area contributed by atoms with Crippen LogP contribution in [-0.4, -0.2) is 26.2 Å². The second-order valence-electron chi connectivity index (χ2n) is 4.82. The van der Waals surface area contributed by atoms with E-state index in [1.54, 1.807) is 12.1 Å². The molecule has 19 heavy (non-hydrogen) atoms. The summed E-state index contributed by atoms with van der Waals surface area (Å²) in [5, 5.41) is 18.2. The largest absolute Gasteiger partial charge is 0.393 e. The van der Waals surface area contributed by atoms with Crippen LogP contribution in [0.5, 0.6) is 0 Å². The van der Waals surface area contributed by atoms with E-state index in [2.05, 4.69) is 4.72 Å². The predicted molar refractivity (Wildman–Crippen MR) is 69.7 cm³/mol. The smallest absolute Gasteiger partial charge is 0.240 e. The van der Waals surface area contributed by atoms with Gasteiger partial charge in [0, 0.05) is 6.54 Å². The summed E-state index contributed by atoms with van der Waals surface area (Å²) < 4.78 is 26.7. The summed E-state index contributed by atoms with van der Waals surface area (Å²) in [6.07, 6.45) is 1.90. The Morgan fingerprint density at radius 1 is 1.42 bits per heavy atom. The summed E-state index contributed by atoms with van der Waals surface area (Å²) in [6.45, 7) is 0.330. The van der Waals surface area contributed by atoms with Gasteiger partial charge in [-0.15, -0.1) is 0 Å². The Bertz CT molecular complexity index is 592. The van der Waals surface area contributed by atoms with E-state index >= 15 is 0 Å². The third-order valence-electron chi connectivity index (χ3n) is 3.35. The maximum absolute atomic E-state index is 12.1. The van der Waals surface area contributed by atoms with Gasteiger partial charge in [-0.3, -0.25) is 0 Å². The number of rotatable bonds is 4. The molecule has 1 aliphatic carbocycles. The average Bonchev–Trinajstić information content (AvgIpc) is 2.82. The number of nitrogens with zero attached hydrogens (tertiary/aromatic N) is 1. The van der Waals surface area contributed by atoms with Crippen molar-refractivity contribution in [3.05, 3.63) is 29.8 Å². The van der Waals surface area contributed by atoms with Gasteiger partial charge in [-0.1, -0.05) is 6.07 Å². The number of hydrogen-bond donors (Lipinski definition) is 2. The van der Waals surface area contributed by atoms with Gasteiger partial charge in [-0.25, -0.2) is 13.1 Å². The quantitative estimate of drug-likeness (QED) is 0.860. The van der Waals surface area contributed by atoms with Gasteiger partial charge in [-0.2, -0.15) is 5.26 Å². The Kier molecular flexibility index (Phi) is 4.20. The molecule has 0 spiro atoms. The minimum Gasteiger partial charge on any atom is -0.393 e. The third kappa shape index (κ3) is 3.53. The summed E-state index contributed by atoms with van der Waals surface area (Å²) >= 11 is 0. The highest BCUT2D eigenvalue weighted by atomic mass is 32.2. The van der Waals surface area contributed by atoms with E-state index in [1.165, 1.54) is 12.1 Å². The lowest BCUT2D eigenvalue weighted by Crippen LogP contribution is -2.28. The molecule has 0 heterocycles. The number of nitriles is 1. The standard InChI is InChI=1S/C13H16N2O3S/c14-8-10-2-1-3-13(7-10)19(17,18)15-9-11-4-5-12(16)6-11/h1-3,7,11-12,15-16H,4-6,9H2. The van der Waals surface area contributed by atoms with Gasteiger partial charge in [0.05, 0.1) is 22.6 Å². The van der Waals surface area contributed by atoms with Crippen molar-refractivity contribution in [1.29, 1.82) is 5.26 Å². The van der Waals surface area contributed by atoms with Crippen LogP contribution in [0.3, 0.4) is 0 Å². The molecule has 0 bridgehead atoms. The van der Waals surface area contributed by atoms with Crippen molar-refractivity contribution < 1.29 is 13.5 Å². The molecule has 2 rings (SSSR count). The van der Waals surface area contributed by atoms with Crippen LogP contribution < -0.4 is 4.72 Å². The summed E-state index contributed by atoms with van der Waals surface area (Å²) in [6, 6.07) is 7.85. The Balaban J connectivity index is 2.04. The van der Waals surface area contributed by atoms with E-state index in [1.807, 2.05) is 6.07 Å². The molecule has 1 aromatic carbocycles. The number of sulfonamides is 1. The molecule has 1 fully saturated rings.